The van der Waals surface area contributed by atoms with Gasteiger partial charge in [-0.25, -0.2) is 0 Å². The van der Waals surface area contributed by atoms with Crippen LogP contribution in [-0.4, -0.2) is 5.11 Å². The van der Waals surface area contributed by atoms with Crippen LogP contribution in [0.15, 0.2) is 30.4 Å². The SMILES string of the molecule is CC/C=C\C=C/c1c(O)ccc(C)c1C. The second kappa shape index (κ2) is 5.40. The molecule has 0 fully saturated rings. The molecule has 0 spiro atoms. The van der Waals surface area contributed by atoms with Crippen LogP contribution in [-0.2, 0) is 0 Å². The minimum Gasteiger partial charge on any atom is -0.507 e. The van der Waals surface area contributed by atoms with Gasteiger partial charge in [0.2, 0.25) is 0 Å². The monoisotopic (exact) mass is 202 g/mol. The van der Waals surface area contributed by atoms with Crippen molar-refractivity contribution in [3.05, 3.63) is 47.1 Å². The smallest absolute Gasteiger partial charge is 0.123 e. The first-order valence-corrected chi connectivity index (χ1v) is 5.29. The number of aromatic hydroxyl groups is 1. The molecule has 0 radical (unpaired) electrons. The Hall–Kier alpha value is -1.50. The Labute approximate surface area is 91.8 Å². The summed E-state index contributed by atoms with van der Waals surface area (Å²) < 4.78 is 0. The van der Waals surface area contributed by atoms with E-state index in [1.165, 1.54) is 5.56 Å². The summed E-state index contributed by atoms with van der Waals surface area (Å²) in [6.45, 7) is 6.17. The third-order valence-electron chi connectivity index (χ3n) is 2.51. The predicted molar refractivity (Wildman–Crippen MR) is 66.0 cm³/mol. The van der Waals surface area contributed by atoms with Crippen LogP contribution >= 0.6 is 0 Å². The molecule has 1 N–H and O–H groups in total. The fourth-order valence-corrected chi connectivity index (χ4v) is 1.40. The van der Waals surface area contributed by atoms with Gasteiger partial charge in [0, 0.05) is 5.56 Å². The number of rotatable bonds is 3. The fourth-order valence-electron chi connectivity index (χ4n) is 1.40. The molecule has 1 rings (SSSR count). The van der Waals surface area contributed by atoms with E-state index in [0.29, 0.717) is 5.75 Å². The van der Waals surface area contributed by atoms with Gasteiger partial charge in [-0.2, -0.15) is 0 Å². The molecule has 0 saturated carbocycles. The highest BCUT2D eigenvalue weighted by atomic mass is 16.3. The lowest BCUT2D eigenvalue weighted by Gasteiger charge is -2.06. The van der Waals surface area contributed by atoms with E-state index in [9.17, 15) is 5.11 Å². The molecule has 0 aliphatic rings. The first kappa shape index (κ1) is 11.6. The summed E-state index contributed by atoms with van der Waals surface area (Å²) in [4.78, 5) is 0. The molecule has 1 heteroatoms. The lowest BCUT2D eigenvalue weighted by Crippen LogP contribution is -1.86. The summed E-state index contributed by atoms with van der Waals surface area (Å²) in [5.41, 5.74) is 3.25. The van der Waals surface area contributed by atoms with Crippen molar-refractivity contribution in [2.45, 2.75) is 27.2 Å². The zero-order valence-corrected chi connectivity index (χ0v) is 9.62. The maximum Gasteiger partial charge on any atom is 0.123 e. The van der Waals surface area contributed by atoms with Crippen molar-refractivity contribution in [2.24, 2.45) is 0 Å². The van der Waals surface area contributed by atoms with E-state index < -0.39 is 0 Å². The molecule has 80 valence electrons. The van der Waals surface area contributed by atoms with E-state index in [1.807, 2.05) is 38.1 Å². The molecule has 1 aromatic carbocycles. The highest BCUT2D eigenvalue weighted by Crippen LogP contribution is 2.24. The Morgan fingerprint density at radius 3 is 2.60 bits per heavy atom. The molecule has 0 unspecified atom stereocenters. The summed E-state index contributed by atoms with van der Waals surface area (Å²) in [5, 5.41) is 9.70. The first-order chi connectivity index (χ1) is 7.16. The number of phenolic OH excluding ortho intramolecular Hbond substituents is 1. The Bertz CT molecular complexity index is 387. The van der Waals surface area contributed by atoms with E-state index in [4.69, 9.17) is 0 Å². The van der Waals surface area contributed by atoms with Crippen molar-refractivity contribution in [2.75, 3.05) is 0 Å². The predicted octanol–water partition coefficient (Wildman–Crippen LogP) is 3.99. The molecule has 0 amide bonds. The number of benzene rings is 1. The van der Waals surface area contributed by atoms with E-state index in [0.717, 1.165) is 17.5 Å². The molecule has 0 saturated heterocycles. The fraction of sp³-hybridized carbons (Fsp3) is 0.286. The topological polar surface area (TPSA) is 20.2 Å². The van der Waals surface area contributed by atoms with Crippen LogP contribution in [0.25, 0.3) is 6.08 Å². The number of allylic oxidation sites excluding steroid dienone is 3. The minimum absolute atomic E-state index is 0.347. The van der Waals surface area contributed by atoms with Gasteiger partial charge in [-0.05, 0) is 37.5 Å². The molecule has 0 heterocycles. The number of hydrogen-bond donors (Lipinski definition) is 1. The van der Waals surface area contributed by atoms with Gasteiger partial charge in [0.15, 0.2) is 0 Å². The molecular weight excluding hydrogens is 184 g/mol. The summed E-state index contributed by atoms with van der Waals surface area (Å²) in [7, 11) is 0. The van der Waals surface area contributed by atoms with Gasteiger partial charge in [-0.15, -0.1) is 0 Å². The highest BCUT2D eigenvalue weighted by molar-refractivity contribution is 5.63. The first-order valence-electron chi connectivity index (χ1n) is 5.29. The van der Waals surface area contributed by atoms with Gasteiger partial charge >= 0.3 is 0 Å². The Kier molecular flexibility index (Phi) is 4.17. The second-order valence-electron chi connectivity index (χ2n) is 3.64. The lowest BCUT2D eigenvalue weighted by atomic mass is 10.0. The Balaban J connectivity index is 2.98. The van der Waals surface area contributed by atoms with E-state index in [1.54, 1.807) is 6.07 Å². The van der Waals surface area contributed by atoms with Crippen LogP contribution in [0.5, 0.6) is 5.75 Å². The lowest BCUT2D eigenvalue weighted by molar-refractivity contribution is 0.473. The summed E-state index contributed by atoms with van der Waals surface area (Å²) in [6, 6.07) is 3.68. The van der Waals surface area contributed by atoms with Crippen LogP contribution in [0.3, 0.4) is 0 Å². The molecule has 15 heavy (non-hydrogen) atoms. The van der Waals surface area contributed by atoms with Crippen molar-refractivity contribution >= 4 is 6.08 Å². The quantitative estimate of drug-likeness (QED) is 0.735. The van der Waals surface area contributed by atoms with Crippen molar-refractivity contribution in [3.8, 4) is 5.75 Å². The summed E-state index contributed by atoms with van der Waals surface area (Å²) in [6.07, 6.45) is 9.03. The molecule has 0 atom stereocenters. The van der Waals surface area contributed by atoms with Crippen molar-refractivity contribution < 1.29 is 5.11 Å². The van der Waals surface area contributed by atoms with Crippen molar-refractivity contribution in [1.29, 1.82) is 0 Å². The van der Waals surface area contributed by atoms with Gasteiger partial charge in [0.05, 0.1) is 0 Å². The largest absolute Gasteiger partial charge is 0.507 e. The van der Waals surface area contributed by atoms with Gasteiger partial charge in [0.25, 0.3) is 0 Å². The minimum atomic E-state index is 0.347. The van der Waals surface area contributed by atoms with E-state index >= 15 is 0 Å². The molecule has 0 aromatic heterocycles. The second-order valence-corrected chi connectivity index (χ2v) is 3.64. The zero-order valence-electron chi connectivity index (χ0n) is 9.62. The van der Waals surface area contributed by atoms with Gasteiger partial charge in [-0.1, -0.05) is 37.3 Å². The zero-order chi connectivity index (χ0) is 11.3. The maximum absolute atomic E-state index is 9.70. The normalized spacial score (nSPS) is 11.7. The van der Waals surface area contributed by atoms with Crippen LogP contribution in [0.4, 0.5) is 0 Å². The summed E-state index contributed by atoms with van der Waals surface area (Å²) >= 11 is 0. The number of hydrogen-bond acceptors (Lipinski definition) is 1. The molecule has 1 nitrogen and oxygen atoms in total. The number of phenols is 1. The molecular formula is C14H18O. The molecule has 0 bridgehead atoms. The van der Waals surface area contributed by atoms with Crippen LogP contribution in [0.2, 0.25) is 0 Å². The molecule has 0 aliphatic carbocycles. The highest BCUT2D eigenvalue weighted by Gasteiger charge is 2.02. The summed E-state index contributed by atoms with van der Waals surface area (Å²) in [5.74, 6) is 0.347. The van der Waals surface area contributed by atoms with Crippen molar-refractivity contribution in [3.63, 3.8) is 0 Å². The van der Waals surface area contributed by atoms with Crippen LogP contribution < -0.4 is 0 Å². The Morgan fingerprint density at radius 1 is 1.20 bits per heavy atom. The van der Waals surface area contributed by atoms with Gasteiger partial charge in [0.1, 0.15) is 5.75 Å². The van der Waals surface area contributed by atoms with Crippen LogP contribution in [0, 0.1) is 13.8 Å². The van der Waals surface area contributed by atoms with Crippen LogP contribution in [0.1, 0.15) is 30.0 Å². The average molecular weight is 202 g/mol. The Morgan fingerprint density at radius 2 is 1.93 bits per heavy atom. The third-order valence-corrected chi connectivity index (χ3v) is 2.51. The molecule has 0 aliphatic heterocycles. The van der Waals surface area contributed by atoms with Crippen molar-refractivity contribution in [1.82, 2.24) is 0 Å². The van der Waals surface area contributed by atoms with Gasteiger partial charge < -0.3 is 5.11 Å². The maximum atomic E-state index is 9.70. The number of aryl methyl sites for hydroxylation is 1. The van der Waals surface area contributed by atoms with Gasteiger partial charge in [-0.3, -0.25) is 0 Å². The van der Waals surface area contributed by atoms with E-state index in [-0.39, 0.29) is 0 Å². The molecule has 1 aromatic rings. The average Bonchev–Trinajstić information content (AvgIpc) is 2.23. The third kappa shape index (κ3) is 2.98. The van der Waals surface area contributed by atoms with E-state index in [2.05, 4.69) is 13.0 Å². The standard InChI is InChI=1S/C14H18O/c1-4-5-6-7-8-13-12(3)11(2)9-10-14(13)15/h5-10,15H,4H2,1-3H3/b6-5-,8-7-.